The Bertz CT molecular complexity index is 108. The van der Waals surface area contributed by atoms with E-state index in [2.05, 4.69) is 0 Å². The van der Waals surface area contributed by atoms with Crippen LogP contribution in [0.15, 0.2) is 0 Å². The molecule has 0 aromatic rings. The summed E-state index contributed by atoms with van der Waals surface area (Å²) < 4.78 is 5.06. The van der Waals surface area contributed by atoms with Crippen molar-refractivity contribution in [1.82, 2.24) is 0 Å². The van der Waals surface area contributed by atoms with Crippen molar-refractivity contribution in [2.75, 3.05) is 13.2 Å². The van der Waals surface area contributed by atoms with Gasteiger partial charge in [0.15, 0.2) is 0 Å². The van der Waals surface area contributed by atoms with Crippen molar-refractivity contribution in [3.05, 3.63) is 0 Å². The summed E-state index contributed by atoms with van der Waals surface area (Å²) in [5, 5.41) is 9.29. The van der Waals surface area contributed by atoms with Gasteiger partial charge in [0.1, 0.15) is 0 Å². The van der Waals surface area contributed by atoms with Crippen LogP contribution in [-0.2, 0) is 4.74 Å². The molecule has 0 aromatic carbocycles. The Morgan fingerprint density at radius 1 is 1.70 bits per heavy atom. The summed E-state index contributed by atoms with van der Waals surface area (Å²) in [5.41, 5.74) is 5.73. The van der Waals surface area contributed by atoms with Crippen molar-refractivity contribution in [2.24, 2.45) is 11.7 Å². The summed E-state index contributed by atoms with van der Waals surface area (Å²) in [4.78, 5) is 0. The number of ether oxygens (including phenoxy) is 1. The van der Waals surface area contributed by atoms with Gasteiger partial charge in [-0.1, -0.05) is 6.92 Å². The third kappa shape index (κ3) is 1.48. The van der Waals surface area contributed by atoms with Gasteiger partial charge in [0.2, 0.25) is 0 Å². The van der Waals surface area contributed by atoms with Gasteiger partial charge in [-0.15, -0.1) is 0 Å². The van der Waals surface area contributed by atoms with Gasteiger partial charge in [-0.3, -0.25) is 0 Å². The molecule has 1 heterocycles. The number of nitrogens with two attached hydrogens (primary N) is 1. The van der Waals surface area contributed by atoms with E-state index in [1.807, 2.05) is 6.92 Å². The van der Waals surface area contributed by atoms with Gasteiger partial charge in [-0.05, 0) is 6.42 Å². The monoisotopic (exact) mass is 145 g/mol. The smallest absolute Gasteiger partial charge is 0.0838 e. The Hall–Kier alpha value is -0.120. The molecule has 1 aliphatic heterocycles. The summed E-state index contributed by atoms with van der Waals surface area (Å²) in [7, 11) is 0. The molecule has 0 bridgehead atoms. The minimum Gasteiger partial charge on any atom is -0.390 e. The van der Waals surface area contributed by atoms with E-state index in [0.717, 1.165) is 6.42 Å². The Labute approximate surface area is 61.2 Å². The zero-order valence-electron chi connectivity index (χ0n) is 6.29. The fraction of sp³-hybridized carbons (Fsp3) is 1.00. The van der Waals surface area contributed by atoms with Crippen LogP contribution in [0.25, 0.3) is 0 Å². The predicted molar refractivity (Wildman–Crippen MR) is 38.6 cm³/mol. The molecule has 1 aliphatic rings. The van der Waals surface area contributed by atoms with Gasteiger partial charge in [0.25, 0.3) is 0 Å². The molecule has 1 fully saturated rings. The standard InChI is InChI=1S/C7H15NO2/c1-2-6(8)5-3-10-4-7(5)9/h5-7,9H,2-4,8H2,1H3. The average molecular weight is 145 g/mol. The Kier molecular flexibility index (Phi) is 2.65. The molecule has 3 atom stereocenters. The largest absolute Gasteiger partial charge is 0.390 e. The fourth-order valence-corrected chi connectivity index (χ4v) is 1.27. The number of hydrogen-bond acceptors (Lipinski definition) is 3. The summed E-state index contributed by atoms with van der Waals surface area (Å²) in [6.45, 7) is 3.10. The minimum absolute atomic E-state index is 0.0949. The highest BCUT2D eigenvalue weighted by Crippen LogP contribution is 2.17. The lowest BCUT2D eigenvalue weighted by Gasteiger charge is -2.18. The molecule has 0 radical (unpaired) electrons. The molecule has 10 heavy (non-hydrogen) atoms. The van der Waals surface area contributed by atoms with E-state index >= 15 is 0 Å². The lowest BCUT2D eigenvalue weighted by molar-refractivity contribution is 0.113. The van der Waals surface area contributed by atoms with E-state index in [9.17, 15) is 5.11 Å². The van der Waals surface area contributed by atoms with Crippen molar-refractivity contribution in [2.45, 2.75) is 25.5 Å². The lowest BCUT2D eigenvalue weighted by atomic mass is 9.96. The average Bonchev–Trinajstić information content (AvgIpc) is 2.34. The molecule has 0 aliphatic carbocycles. The highest BCUT2D eigenvalue weighted by atomic mass is 16.5. The molecule has 0 amide bonds. The van der Waals surface area contributed by atoms with Crippen LogP contribution in [0, 0.1) is 5.92 Å². The molecule has 3 unspecified atom stereocenters. The number of rotatable bonds is 2. The summed E-state index contributed by atoms with van der Waals surface area (Å²) >= 11 is 0. The van der Waals surface area contributed by atoms with Gasteiger partial charge in [-0.2, -0.15) is 0 Å². The Morgan fingerprint density at radius 3 is 2.80 bits per heavy atom. The SMILES string of the molecule is CCC(N)C1COCC1O. The molecular formula is C7H15NO2. The zero-order chi connectivity index (χ0) is 7.56. The van der Waals surface area contributed by atoms with Gasteiger partial charge in [-0.25, -0.2) is 0 Å². The molecule has 60 valence electrons. The van der Waals surface area contributed by atoms with Crippen LogP contribution in [0.5, 0.6) is 0 Å². The first-order valence-electron chi connectivity index (χ1n) is 3.77. The van der Waals surface area contributed by atoms with Crippen LogP contribution in [0.3, 0.4) is 0 Å². The molecule has 0 spiro atoms. The normalized spacial score (nSPS) is 36.3. The van der Waals surface area contributed by atoms with Crippen molar-refractivity contribution in [3.63, 3.8) is 0 Å². The maximum absolute atomic E-state index is 9.29. The third-order valence-electron chi connectivity index (χ3n) is 2.11. The third-order valence-corrected chi connectivity index (χ3v) is 2.11. The second-order valence-electron chi connectivity index (χ2n) is 2.84. The first-order valence-corrected chi connectivity index (χ1v) is 3.77. The van der Waals surface area contributed by atoms with Gasteiger partial charge in [0, 0.05) is 12.0 Å². The van der Waals surface area contributed by atoms with E-state index in [4.69, 9.17) is 10.5 Å². The lowest BCUT2D eigenvalue weighted by Crippen LogP contribution is -2.36. The van der Waals surface area contributed by atoms with Gasteiger partial charge < -0.3 is 15.6 Å². The van der Waals surface area contributed by atoms with E-state index < -0.39 is 0 Å². The zero-order valence-corrected chi connectivity index (χ0v) is 6.29. The minimum atomic E-state index is -0.338. The van der Waals surface area contributed by atoms with Gasteiger partial charge >= 0.3 is 0 Å². The van der Waals surface area contributed by atoms with Crippen LogP contribution in [0.4, 0.5) is 0 Å². The van der Waals surface area contributed by atoms with Crippen LogP contribution >= 0.6 is 0 Å². The van der Waals surface area contributed by atoms with Crippen molar-refractivity contribution in [3.8, 4) is 0 Å². The topological polar surface area (TPSA) is 55.5 Å². The molecule has 0 aromatic heterocycles. The molecule has 1 rings (SSSR count). The summed E-state index contributed by atoms with van der Waals surface area (Å²) in [5.74, 6) is 0.157. The van der Waals surface area contributed by atoms with E-state index in [1.165, 1.54) is 0 Å². The van der Waals surface area contributed by atoms with E-state index in [0.29, 0.717) is 13.2 Å². The van der Waals surface area contributed by atoms with Crippen molar-refractivity contribution < 1.29 is 9.84 Å². The number of hydrogen-bond donors (Lipinski definition) is 2. The van der Waals surface area contributed by atoms with Gasteiger partial charge in [0.05, 0.1) is 19.3 Å². The number of aliphatic hydroxyl groups excluding tert-OH is 1. The van der Waals surface area contributed by atoms with Crippen LogP contribution < -0.4 is 5.73 Å². The Morgan fingerprint density at radius 2 is 2.40 bits per heavy atom. The molecule has 3 nitrogen and oxygen atoms in total. The highest BCUT2D eigenvalue weighted by molar-refractivity contribution is 4.82. The summed E-state index contributed by atoms with van der Waals surface area (Å²) in [6, 6.07) is 0.0949. The molecule has 3 N–H and O–H groups in total. The van der Waals surface area contributed by atoms with Crippen LogP contribution in [-0.4, -0.2) is 30.5 Å². The van der Waals surface area contributed by atoms with Crippen LogP contribution in [0.1, 0.15) is 13.3 Å². The molecular weight excluding hydrogens is 130 g/mol. The highest BCUT2D eigenvalue weighted by Gasteiger charge is 2.30. The molecule has 3 heteroatoms. The first-order chi connectivity index (χ1) is 4.75. The molecule has 0 saturated carbocycles. The maximum atomic E-state index is 9.29. The predicted octanol–water partition coefficient (Wildman–Crippen LogP) is -0.269. The first kappa shape index (κ1) is 7.98. The quantitative estimate of drug-likeness (QED) is 0.562. The second kappa shape index (κ2) is 3.32. The Balaban J connectivity index is 2.38. The van der Waals surface area contributed by atoms with Crippen LogP contribution in [0.2, 0.25) is 0 Å². The van der Waals surface area contributed by atoms with Crippen molar-refractivity contribution >= 4 is 0 Å². The maximum Gasteiger partial charge on any atom is 0.0838 e. The van der Waals surface area contributed by atoms with E-state index in [-0.39, 0.29) is 18.1 Å². The van der Waals surface area contributed by atoms with Crippen molar-refractivity contribution in [1.29, 1.82) is 0 Å². The molecule has 1 saturated heterocycles. The fourth-order valence-electron chi connectivity index (χ4n) is 1.27. The summed E-state index contributed by atoms with van der Waals surface area (Å²) in [6.07, 6.45) is 0.570. The second-order valence-corrected chi connectivity index (χ2v) is 2.84. The number of aliphatic hydroxyl groups is 1. The van der Waals surface area contributed by atoms with E-state index in [1.54, 1.807) is 0 Å².